The Balaban J connectivity index is 1.48. The third-order valence-electron chi connectivity index (χ3n) is 3.51. The average Bonchev–Trinajstić information content (AvgIpc) is 3.35. The first-order valence-electron chi connectivity index (χ1n) is 7.34. The van der Waals surface area contributed by atoms with Crippen LogP contribution in [0.2, 0.25) is 0 Å². The van der Waals surface area contributed by atoms with Gasteiger partial charge in [0.25, 0.3) is 0 Å². The fraction of sp³-hybridized carbons (Fsp3) is 0.125. The van der Waals surface area contributed by atoms with Gasteiger partial charge < -0.3 is 9.09 Å². The van der Waals surface area contributed by atoms with Crippen molar-refractivity contribution >= 4 is 23.1 Å². The third-order valence-corrected chi connectivity index (χ3v) is 5.20. The second kappa shape index (κ2) is 6.77. The van der Waals surface area contributed by atoms with Crippen molar-refractivity contribution in [1.29, 1.82) is 0 Å². The number of halogens is 1. The minimum absolute atomic E-state index is 0.279. The van der Waals surface area contributed by atoms with Crippen molar-refractivity contribution in [3.8, 4) is 22.8 Å². The van der Waals surface area contributed by atoms with E-state index in [-0.39, 0.29) is 5.82 Å². The van der Waals surface area contributed by atoms with Gasteiger partial charge in [-0.15, -0.1) is 10.2 Å². The smallest absolute Gasteiger partial charge is 0.237 e. The number of hydrogen-bond acceptors (Lipinski definition) is 7. The first kappa shape index (κ1) is 16.0. The summed E-state index contributed by atoms with van der Waals surface area (Å²) >= 11 is 3.04. The number of aromatic nitrogens is 5. The van der Waals surface area contributed by atoms with E-state index in [1.54, 1.807) is 23.5 Å². The van der Waals surface area contributed by atoms with E-state index in [9.17, 15) is 4.39 Å². The van der Waals surface area contributed by atoms with Crippen molar-refractivity contribution in [3.05, 3.63) is 52.8 Å². The molecular formula is C16H12FN5OS2. The minimum atomic E-state index is -0.279. The predicted octanol–water partition coefficient (Wildman–Crippen LogP) is 4.03. The van der Waals surface area contributed by atoms with Crippen LogP contribution in [0.3, 0.4) is 0 Å². The maximum Gasteiger partial charge on any atom is 0.237 e. The Kier molecular flexibility index (Phi) is 4.33. The molecule has 6 nitrogen and oxygen atoms in total. The molecule has 25 heavy (non-hydrogen) atoms. The average molecular weight is 373 g/mol. The molecule has 1 aromatic carbocycles. The van der Waals surface area contributed by atoms with Crippen LogP contribution in [-0.4, -0.2) is 24.9 Å². The first-order chi connectivity index (χ1) is 12.2. The fourth-order valence-corrected chi connectivity index (χ4v) is 3.62. The Morgan fingerprint density at radius 2 is 2.00 bits per heavy atom. The van der Waals surface area contributed by atoms with Crippen LogP contribution in [0.1, 0.15) is 5.89 Å². The highest BCUT2D eigenvalue weighted by atomic mass is 32.2. The number of benzene rings is 1. The van der Waals surface area contributed by atoms with Gasteiger partial charge in [-0.25, -0.2) is 4.39 Å². The van der Waals surface area contributed by atoms with E-state index >= 15 is 0 Å². The van der Waals surface area contributed by atoms with Crippen molar-refractivity contribution in [2.75, 3.05) is 0 Å². The molecule has 0 saturated carbocycles. The normalized spacial score (nSPS) is 11.1. The van der Waals surface area contributed by atoms with E-state index in [4.69, 9.17) is 4.52 Å². The summed E-state index contributed by atoms with van der Waals surface area (Å²) in [6.45, 7) is 0. The first-order valence-corrected chi connectivity index (χ1v) is 9.27. The van der Waals surface area contributed by atoms with Crippen molar-refractivity contribution < 1.29 is 8.91 Å². The molecule has 0 N–H and O–H groups in total. The summed E-state index contributed by atoms with van der Waals surface area (Å²) in [4.78, 5) is 4.38. The number of thioether (sulfide) groups is 1. The molecule has 0 spiro atoms. The summed E-state index contributed by atoms with van der Waals surface area (Å²) in [5.74, 6) is 2.00. The molecular weight excluding hydrogens is 361 g/mol. The molecule has 0 unspecified atom stereocenters. The molecule has 126 valence electrons. The molecule has 0 saturated heterocycles. The second-order valence-electron chi connectivity index (χ2n) is 5.18. The van der Waals surface area contributed by atoms with Gasteiger partial charge in [-0.3, -0.25) is 0 Å². The van der Waals surface area contributed by atoms with E-state index in [2.05, 4.69) is 20.3 Å². The summed E-state index contributed by atoms with van der Waals surface area (Å²) in [6.07, 6.45) is 0. The van der Waals surface area contributed by atoms with Crippen LogP contribution in [0.15, 0.2) is 50.8 Å². The summed E-state index contributed by atoms with van der Waals surface area (Å²) in [5, 5.41) is 17.0. The zero-order chi connectivity index (χ0) is 17.2. The summed E-state index contributed by atoms with van der Waals surface area (Å²) in [5.41, 5.74) is 1.75. The maximum atomic E-state index is 13.1. The lowest BCUT2D eigenvalue weighted by molar-refractivity contribution is 0.391. The van der Waals surface area contributed by atoms with Crippen LogP contribution in [0.25, 0.3) is 22.8 Å². The lowest BCUT2D eigenvalue weighted by atomic mass is 10.2. The zero-order valence-corrected chi connectivity index (χ0v) is 14.7. The molecule has 4 aromatic rings. The van der Waals surface area contributed by atoms with Crippen LogP contribution in [-0.2, 0) is 12.8 Å². The molecule has 0 aliphatic carbocycles. The van der Waals surface area contributed by atoms with E-state index in [0.29, 0.717) is 23.3 Å². The van der Waals surface area contributed by atoms with Gasteiger partial charge in [-0.2, -0.15) is 16.3 Å². The van der Waals surface area contributed by atoms with Gasteiger partial charge in [0.05, 0.1) is 5.75 Å². The van der Waals surface area contributed by atoms with Crippen LogP contribution in [0.5, 0.6) is 0 Å². The molecule has 0 atom stereocenters. The summed E-state index contributed by atoms with van der Waals surface area (Å²) in [6, 6.07) is 8.12. The summed E-state index contributed by atoms with van der Waals surface area (Å²) in [7, 11) is 1.87. The number of hydrogen-bond donors (Lipinski definition) is 0. The van der Waals surface area contributed by atoms with Crippen LogP contribution in [0.4, 0.5) is 4.39 Å². The Morgan fingerprint density at radius 1 is 1.16 bits per heavy atom. The largest absolute Gasteiger partial charge is 0.338 e. The lowest BCUT2D eigenvalue weighted by Gasteiger charge is -2.02. The Labute approximate surface area is 150 Å². The molecule has 3 aromatic heterocycles. The van der Waals surface area contributed by atoms with Gasteiger partial charge >= 0.3 is 0 Å². The molecule has 0 radical (unpaired) electrons. The Bertz CT molecular complexity index is 979. The van der Waals surface area contributed by atoms with E-state index in [1.807, 2.05) is 28.4 Å². The van der Waals surface area contributed by atoms with Gasteiger partial charge in [-0.1, -0.05) is 16.9 Å². The van der Waals surface area contributed by atoms with Crippen molar-refractivity contribution in [2.24, 2.45) is 7.05 Å². The minimum Gasteiger partial charge on any atom is -0.338 e. The second-order valence-corrected chi connectivity index (χ2v) is 6.91. The van der Waals surface area contributed by atoms with Gasteiger partial charge in [0.2, 0.25) is 11.7 Å². The third kappa shape index (κ3) is 3.33. The standard InChI is InChI=1S/C16H12FN5OS2/c1-22-15(10-2-4-12(17)5-3-10)19-20-16(22)25-9-13-18-14(21-23-13)11-6-7-24-8-11/h2-8H,9H2,1H3. The van der Waals surface area contributed by atoms with E-state index in [1.165, 1.54) is 23.9 Å². The monoisotopic (exact) mass is 373 g/mol. The van der Waals surface area contributed by atoms with Gasteiger partial charge in [0.1, 0.15) is 5.82 Å². The highest BCUT2D eigenvalue weighted by Gasteiger charge is 2.14. The molecule has 0 aliphatic heterocycles. The predicted molar refractivity (Wildman–Crippen MR) is 93.6 cm³/mol. The van der Waals surface area contributed by atoms with Crippen molar-refractivity contribution in [3.63, 3.8) is 0 Å². The highest BCUT2D eigenvalue weighted by Crippen LogP contribution is 2.26. The van der Waals surface area contributed by atoms with Gasteiger partial charge in [0, 0.05) is 23.6 Å². The van der Waals surface area contributed by atoms with Crippen LogP contribution in [0, 0.1) is 5.82 Å². The fourth-order valence-electron chi connectivity index (χ4n) is 2.24. The molecule has 4 rings (SSSR count). The van der Waals surface area contributed by atoms with Gasteiger partial charge in [0.15, 0.2) is 11.0 Å². The zero-order valence-electron chi connectivity index (χ0n) is 13.1. The SMILES string of the molecule is Cn1c(SCc2nc(-c3ccsc3)no2)nnc1-c1ccc(F)cc1. The number of rotatable bonds is 5. The van der Waals surface area contributed by atoms with Crippen molar-refractivity contribution in [2.45, 2.75) is 10.9 Å². The summed E-state index contributed by atoms with van der Waals surface area (Å²) < 4.78 is 20.2. The number of thiophene rings is 1. The van der Waals surface area contributed by atoms with Gasteiger partial charge in [-0.05, 0) is 35.7 Å². The lowest BCUT2D eigenvalue weighted by Crippen LogP contribution is -1.95. The topological polar surface area (TPSA) is 69.6 Å². The Hall–Kier alpha value is -2.52. The van der Waals surface area contributed by atoms with Crippen molar-refractivity contribution in [1.82, 2.24) is 24.9 Å². The molecule has 0 bridgehead atoms. The molecule has 3 heterocycles. The number of nitrogens with zero attached hydrogens (tertiary/aromatic N) is 5. The molecule has 0 aliphatic rings. The highest BCUT2D eigenvalue weighted by molar-refractivity contribution is 7.98. The van der Waals surface area contributed by atoms with Crippen LogP contribution >= 0.6 is 23.1 Å². The Morgan fingerprint density at radius 3 is 2.76 bits per heavy atom. The van der Waals surface area contributed by atoms with E-state index in [0.717, 1.165) is 16.3 Å². The molecule has 9 heteroatoms. The molecule has 0 amide bonds. The van der Waals surface area contributed by atoms with E-state index < -0.39 is 0 Å². The van der Waals surface area contributed by atoms with Crippen LogP contribution < -0.4 is 0 Å². The quantitative estimate of drug-likeness (QED) is 0.492. The maximum absolute atomic E-state index is 13.1. The molecule has 0 fully saturated rings.